The molecule has 374 valence electrons. The summed E-state index contributed by atoms with van der Waals surface area (Å²) in [6.45, 7) is 13.5. The van der Waals surface area contributed by atoms with Gasteiger partial charge in [0.15, 0.2) is 0 Å². The Morgan fingerprint density at radius 1 is 0.957 bits per heavy atom. The fourth-order valence-corrected chi connectivity index (χ4v) is 11.6. The molecule has 0 unspecified atom stereocenters. The molecule has 3 aliphatic heterocycles. The standard InChI is InChI=1S/C55H72N8O7/c1-9-62-44-21-20-36-28-40(44)41(49(62)39-16-12-22-56-45(39)31(2)3)29-55(5,6)30-70-54(69)42-17-13-23-63(59-42)52(67)43(26-33-24-37(36)27-38(64)25-33)57-50(65)48(35-14-10-11-15-35)61(8)51(66)32(4)60(7)53(68)47-46(58-47)34-18-19-34/h12,16,20-22,24-25,27-28,31-32,34-35,42-43,46-48,58-59,64H,9-11,13-15,17-19,23,26,29-30H2,1-8H3,(H,57,65)/t32-,42+,43+,46-,47-,48+/m1/s1. The van der Waals surface area contributed by atoms with Crippen LogP contribution in [0.1, 0.15) is 116 Å². The lowest BCUT2D eigenvalue weighted by Crippen LogP contribution is -2.62. The highest BCUT2D eigenvalue weighted by molar-refractivity contribution is 5.97. The van der Waals surface area contributed by atoms with Crippen molar-refractivity contribution in [3.8, 4) is 28.1 Å². The van der Waals surface area contributed by atoms with E-state index in [4.69, 9.17) is 9.72 Å². The van der Waals surface area contributed by atoms with Crippen LogP contribution in [0.2, 0.25) is 0 Å². The summed E-state index contributed by atoms with van der Waals surface area (Å²) in [4.78, 5) is 79.6. The molecule has 4 fully saturated rings. The highest BCUT2D eigenvalue weighted by Gasteiger charge is 2.52. The number of nitrogens with one attached hydrogen (secondary N) is 3. The molecule has 9 rings (SSSR count). The Balaban J connectivity index is 1.08. The first-order valence-electron chi connectivity index (χ1n) is 25.7. The second-order valence-electron chi connectivity index (χ2n) is 21.9. The van der Waals surface area contributed by atoms with Crippen molar-refractivity contribution < 1.29 is 33.8 Å². The molecule has 70 heavy (non-hydrogen) atoms. The number of nitrogens with zero attached hydrogens (tertiary/aromatic N) is 5. The molecule has 15 nitrogen and oxygen atoms in total. The van der Waals surface area contributed by atoms with Crippen molar-refractivity contribution >= 4 is 40.5 Å². The Morgan fingerprint density at radius 2 is 1.71 bits per heavy atom. The lowest BCUT2D eigenvalue weighted by atomic mass is 9.83. The number of likely N-dealkylation sites (N-methyl/N-ethyl adjacent to an activating group) is 2. The molecule has 4 aromatic rings. The van der Waals surface area contributed by atoms with Gasteiger partial charge in [-0.3, -0.25) is 39.3 Å². The quantitative estimate of drug-likeness (QED) is 0.0957. The third kappa shape index (κ3) is 9.93. The number of phenols is 1. The number of aromatic hydroxyl groups is 1. The van der Waals surface area contributed by atoms with Crippen LogP contribution < -0.4 is 16.1 Å². The molecule has 2 aromatic heterocycles. The first-order valence-corrected chi connectivity index (χ1v) is 25.7. The van der Waals surface area contributed by atoms with Gasteiger partial charge in [0.05, 0.1) is 18.0 Å². The number of hydrazine groups is 1. The molecule has 4 amide bonds. The summed E-state index contributed by atoms with van der Waals surface area (Å²) >= 11 is 0. The summed E-state index contributed by atoms with van der Waals surface area (Å²) in [6.07, 6.45) is 8.89. The first-order chi connectivity index (χ1) is 33.4. The largest absolute Gasteiger partial charge is 0.508 e. The van der Waals surface area contributed by atoms with Crippen LogP contribution in [0.3, 0.4) is 0 Å². The van der Waals surface area contributed by atoms with Gasteiger partial charge in [-0.1, -0.05) is 52.7 Å². The molecular weight excluding hydrogens is 885 g/mol. The van der Waals surface area contributed by atoms with Crippen molar-refractivity contribution in [3.63, 3.8) is 0 Å². The van der Waals surface area contributed by atoms with Gasteiger partial charge >= 0.3 is 5.97 Å². The van der Waals surface area contributed by atoms with Gasteiger partial charge in [-0.25, -0.2) is 5.43 Å². The number of aryl methyl sites for hydroxylation is 1. The normalized spacial score (nSPS) is 23.6. The Hall–Kier alpha value is -5.80. The molecule has 2 saturated heterocycles. The average Bonchev–Trinajstić information content (AvgIpc) is 4.27. The molecule has 5 aliphatic rings. The summed E-state index contributed by atoms with van der Waals surface area (Å²) in [5.41, 5.74) is 10.2. The van der Waals surface area contributed by atoms with E-state index in [0.29, 0.717) is 37.3 Å². The van der Waals surface area contributed by atoms with Crippen LogP contribution in [0.5, 0.6) is 5.75 Å². The lowest BCUT2D eigenvalue weighted by molar-refractivity contribution is -0.155. The van der Waals surface area contributed by atoms with Crippen LogP contribution in [0.4, 0.5) is 0 Å². The highest BCUT2D eigenvalue weighted by Crippen LogP contribution is 2.43. The van der Waals surface area contributed by atoms with E-state index in [1.54, 1.807) is 33.2 Å². The van der Waals surface area contributed by atoms with Gasteiger partial charge in [0.2, 0.25) is 17.7 Å². The summed E-state index contributed by atoms with van der Waals surface area (Å²) < 4.78 is 8.49. The molecule has 0 radical (unpaired) electrons. The number of carbonyl (C=O) groups excluding carboxylic acids is 5. The van der Waals surface area contributed by atoms with Crippen molar-refractivity contribution in [3.05, 3.63) is 71.5 Å². The molecule has 4 N–H and O–H groups in total. The van der Waals surface area contributed by atoms with Gasteiger partial charge in [0.25, 0.3) is 5.91 Å². The minimum atomic E-state index is -1.15. The van der Waals surface area contributed by atoms with Gasteiger partial charge in [-0.05, 0) is 135 Å². The predicted octanol–water partition coefficient (Wildman–Crippen LogP) is 6.48. The van der Waals surface area contributed by atoms with Crippen molar-refractivity contribution in [2.45, 2.75) is 154 Å². The fourth-order valence-electron chi connectivity index (χ4n) is 11.6. The number of fused-ring (bicyclic) bond motifs is 6. The van der Waals surface area contributed by atoms with E-state index in [1.807, 2.05) is 18.3 Å². The molecule has 0 spiro atoms. The lowest BCUT2D eigenvalue weighted by Gasteiger charge is -2.38. The van der Waals surface area contributed by atoms with Crippen molar-refractivity contribution in [2.24, 2.45) is 17.3 Å². The van der Waals surface area contributed by atoms with Crippen LogP contribution in [0, 0.1) is 17.3 Å². The van der Waals surface area contributed by atoms with Crippen LogP contribution >= 0.6 is 0 Å². The zero-order valence-electron chi connectivity index (χ0n) is 42.2. The molecule has 6 atom stereocenters. The highest BCUT2D eigenvalue weighted by atomic mass is 16.5. The van der Waals surface area contributed by atoms with E-state index in [2.05, 4.69) is 79.5 Å². The fraction of sp³-hybridized carbons (Fsp3) is 0.564. The molecule has 2 aromatic carbocycles. The molecule has 6 bridgehead atoms. The van der Waals surface area contributed by atoms with E-state index < -0.39 is 47.4 Å². The molecular formula is C55H72N8O7. The van der Waals surface area contributed by atoms with Crippen LogP contribution in [-0.2, 0) is 48.1 Å². The van der Waals surface area contributed by atoms with Crippen molar-refractivity contribution in [1.29, 1.82) is 0 Å². The van der Waals surface area contributed by atoms with Gasteiger partial charge in [-0.15, -0.1) is 0 Å². The summed E-state index contributed by atoms with van der Waals surface area (Å²) in [5, 5.41) is 20.3. The number of esters is 1. The minimum absolute atomic E-state index is 0.00945. The molecule has 2 aliphatic carbocycles. The summed E-state index contributed by atoms with van der Waals surface area (Å²) in [7, 11) is 3.27. The maximum atomic E-state index is 15.0. The number of benzene rings is 2. The SMILES string of the molecule is CCn1c(-c2cccnc2C(C)C)c2c3cc(ccc31)-c1cc(O)cc(c1)C[C@H](NC(=O)[C@H](C1CCCC1)N(C)C(=O)[C@@H](C)N(C)C(=O)[C@@H]1N[C@@H]1C1CC1)C(=O)N1CCC[C@H](N1)C(=O)OCC(C)(C)C2. The Morgan fingerprint density at radius 3 is 2.43 bits per heavy atom. The molecule has 5 heterocycles. The maximum Gasteiger partial charge on any atom is 0.324 e. The second kappa shape index (κ2) is 19.8. The average molecular weight is 957 g/mol. The van der Waals surface area contributed by atoms with Crippen molar-refractivity contribution in [2.75, 3.05) is 27.2 Å². The van der Waals surface area contributed by atoms with Crippen LogP contribution in [0.25, 0.3) is 33.3 Å². The van der Waals surface area contributed by atoms with E-state index in [0.717, 1.165) is 83.1 Å². The topological polar surface area (TPSA) is 188 Å². The zero-order valence-corrected chi connectivity index (χ0v) is 42.2. The molecule has 15 heteroatoms. The second-order valence-corrected chi connectivity index (χ2v) is 21.9. The van der Waals surface area contributed by atoms with E-state index in [1.165, 1.54) is 14.8 Å². The number of carbonyl (C=O) groups is 5. The van der Waals surface area contributed by atoms with E-state index in [9.17, 15) is 29.1 Å². The number of aromatic nitrogens is 2. The molecule has 2 saturated carbocycles. The Labute approximate surface area is 412 Å². The van der Waals surface area contributed by atoms with Crippen molar-refractivity contribution in [1.82, 2.24) is 40.4 Å². The number of amides is 4. The monoisotopic (exact) mass is 957 g/mol. The van der Waals surface area contributed by atoms with Crippen LogP contribution in [-0.4, -0.2) is 123 Å². The van der Waals surface area contributed by atoms with E-state index >= 15 is 0 Å². The third-order valence-electron chi connectivity index (χ3n) is 15.7. The zero-order chi connectivity index (χ0) is 49.8. The Kier molecular flexibility index (Phi) is 13.9. The number of cyclic esters (lactones) is 1. The van der Waals surface area contributed by atoms with Gasteiger partial charge in [0, 0.05) is 67.7 Å². The number of phenolic OH excluding ortho intramolecular Hbond substituents is 1. The van der Waals surface area contributed by atoms with Crippen LogP contribution in [0.15, 0.2) is 54.7 Å². The van der Waals surface area contributed by atoms with Gasteiger partial charge in [0.1, 0.15) is 36.0 Å². The van der Waals surface area contributed by atoms with Gasteiger partial charge < -0.3 is 29.5 Å². The number of ether oxygens (including phenoxy) is 1. The predicted molar refractivity (Wildman–Crippen MR) is 268 cm³/mol. The first kappa shape index (κ1) is 49.2. The number of hydrogen-bond donors (Lipinski definition) is 4. The summed E-state index contributed by atoms with van der Waals surface area (Å²) in [6, 6.07) is 11.9. The van der Waals surface area contributed by atoms with Gasteiger partial charge in [-0.2, -0.15) is 0 Å². The minimum Gasteiger partial charge on any atom is -0.508 e. The number of rotatable bonds is 11. The third-order valence-corrected chi connectivity index (χ3v) is 15.7. The van der Waals surface area contributed by atoms with E-state index in [-0.39, 0.29) is 61.1 Å². The smallest absolute Gasteiger partial charge is 0.324 e. The Bertz CT molecular complexity index is 2670. The maximum absolute atomic E-state index is 15.0. The summed E-state index contributed by atoms with van der Waals surface area (Å²) in [5.74, 6) is -1.35. The number of pyridine rings is 1. The number of hydrogen-bond acceptors (Lipinski definition) is 10.